The number of anilines is 1. The van der Waals surface area contributed by atoms with Gasteiger partial charge in [0.05, 0.1) is 17.5 Å². The summed E-state index contributed by atoms with van der Waals surface area (Å²) in [6, 6.07) is 0.462. The van der Waals surface area contributed by atoms with Crippen molar-refractivity contribution in [1.29, 1.82) is 0 Å². The molecular formula is C32H45N5O7. The third kappa shape index (κ3) is 5.05. The predicted octanol–water partition coefficient (Wildman–Crippen LogP) is -0.149. The van der Waals surface area contributed by atoms with E-state index in [1.54, 1.807) is 20.2 Å². The number of ketones is 4. The van der Waals surface area contributed by atoms with Crippen LogP contribution in [0.2, 0.25) is 0 Å². The second-order valence-electron chi connectivity index (χ2n) is 13.4. The maximum atomic E-state index is 14.1. The predicted molar refractivity (Wildman–Crippen MR) is 162 cm³/mol. The highest BCUT2D eigenvalue weighted by molar-refractivity contribution is 6.32. The standard InChI is InChI=1S/C32H45N5O7/c1-6-36(11-12-37-9-7-8-10-37)16-18-15-21(38)23-19(25(18)34(2)3)13-17-14-20-26(35(4)5)28(40)24(31(33)43)30(42)32(20,44)29(41)22(17)27(23)39/h15,17,20,22,24,26,38,44H,6-14,16H2,1-5H3,(H2,33,43)/t17-,20-,22?,24?,26-,32-/m0/s1. The summed E-state index contributed by atoms with van der Waals surface area (Å²) in [6.45, 7) is 7.48. The van der Waals surface area contributed by atoms with Crippen LogP contribution in [-0.2, 0) is 32.1 Å². The fourth-order valence-corrected chi connectivity index (χ4v) is 8.28. The number of nitrogens with two attached hydrogens (primary N) is 1. The van der Waals surface area contributed by atoms with Crippen LogP contribution in [0.4, 0.5) is 5.69 Å². The summed E-state index contributed by atoms with van der Waals surface area (Å²) in [5.41, 5.74) is 4.97. The number of amides is 1. The number of primary amides is 1. The van der Waals surface area contributed by atoms with Gasteiger partial charge >= 0.3 is 0 Å². The van der Waals surface area contributed by atoms with Gasteiger partial charge in [-0.3, -0.25) is 33.8 Å². The monoisotopic (exact) mass is 611 g/mol. The zero-order chi connectivity index (χ0) is 32.2. The summed E-state index contributed by atoms with van der Waals surface area (Å²) < 4.78 is 0. The molecule has 2 unspecified atom stereocenters. The molecule has 3 aliphatic carbocycles. The van der Waals surface area contributed by atoms with Crippen LogP contribution in [0.15, 0.2) is 6.07 Å². The molecule has 4 aliphatic rings. The SMILES string of the molecule is CCN(CCN1CCCC1)Cc1cc(O)c2c(c1N(C)C)C[C@H]1C[C@H]3[C@H](N(C)C)C(=O)C(C(N)=O)C(=O)[C@@]3(O)C(=O)C1C2=O. The first kappa shape index (κ1) is 32.2. The van der Waals surface area contributed by atoms with Crippen LogP contribution in [0.1, 0.15) is 47.7 Å². The van der Waals surface area contributed by atoms with Crippen molar-refractivity contribution in [3.05, 3.63) is 22.8 Å². The Morgan fingerprint density at radius 2 is 1.75 bits per heavy atom. The lowest BCUT2D eigenvalue weighted by Crippen LogP contribution is -2.74. The van der Waals surface area contributed by atoms with Crippen LogP contribution in [0.3, 0.4) is 0 Å². The molecule has 4 N–H and O–H groups in total. The molecule has 3 fully saturated rings. The number of aromatic hydroxyl groups is 1. The fraction of sp³-hybridized carbons (Fsp3) is 0.656. The Bertz CT molecular complexity index is 1390. The van der Waals surface area contributed by atoms with Crippen molar-refractivity contribution in [2.45, 2.75) is 50.8 Å². The van der Waals surface area contributed by atoms with Gasteiger partial charge in [-0.1, -0.05) is 6.92 Å². The second-order valence-corrected chi connectivity index (χ2v) is 13.4. The van der Waals surface area contributed by atoms with E-state index in [0.29, 0.717) is 12.1 Å². The summed E-state index contributed by atoms with van der Waals surface area (Å²) in [5, 5.41) is 23.1. The number of phenols is 1. The van der Waals surface area contributed by atoms with E-state index >= 15 is 0 Å². The van der Waals surface area contributed by atoms with Crippen molar-refractivity contribution >= 4 is 34.7 Å². The number of phenolic OH excluding ortho intramolecular Hbond substituents is 1. The summed E-state index contributed by atoms with van der Waals surface area (Å²) in [7, 11) is 6.91. The van der Waals surface area contributed by atoms with E-state index in [1.165, 1.54) is 17.7 Å². The Hall–Kier alpha value is -3.19. The molecule has 5 rings (SSSR count). The van der Waals surface area contributed by atoms with E-state index in [2.05, 4.69) is 16.7 Å². The van der Waals surface area contributed by atoms with E-state index in [-0.39, 0.29) is 24.2 Å². The number of aliphatic hydroxyl groups is 1. The second kappa shape index (κ2) is 12.0. The summed E-state index contributed by atoms with van der Waals surface area (Å²) in [4.78, 5) is 75.4. The van der Waals surface area contributed by atoms with Crippen LogP contribution < -0.4 is 10.6 Å². The Kier molecular flexibility index (Phi) is 8.75. The zero-order valence-corrected chi connectivity index (χ0v) is 26.3. The highest BCUT2D eigenvalue weighted by Gasteiger charge is 2.69. The van der Waals surface area contributed by atoms with E-state index in [1.807, 2.05) is 19.0 Å². The number of Topliss-reactive ketones (excluding diaryl/α,β-unsaturated/α-hetero) is 4. The maximum Gasteiger partial charge on any atom is 0.235 e. The molecular weight excluding hydrogens is 566 g/mol. The smallest absolute Gasteiger partial charge is 0.235 e. The van der Waals surface area contributed by atoms with Gasteiger partial charge < -0.3 is 25.7 Å². The first-order chi connectivity index (χ1) is 20.7. The number of carbonyl (C=O) groups is 5. The van der Waals surface area contributed by atoms with Gasteiger partial charge in [-0.15, -0.1) is 0 Å². The number of likely N-dealkylation sites (N-methyl/N-ethyl adjacent to an activating group) is 2. The molecule has 1 aliphatic heterocycles. The van der Waals surface area contributed by atoms with Crippen LogP contribution >= 0.6 is 0 Å². The van der Waals surface area contributed by atoms with Crippen LogP contribution in [0.5, 0.6) is 5.75 Å². The largest absolute Gasteiger partial charge is 0.507 e. The number of benzene rings is 1. The van der Waals surface area contributed by atoms with Crippen molar-refractivity contribution in [3.8, 4) is 5.75 Å². The molecule has 44 heavy (non-hydrogen) atoms. The van der Waals surface area contributed by atoms with E-state index in [9.17, 15) is 34.2 Å². The highest BCUT2D eigenvalue weighted by Crippen LogP contribution is 2.52. The van der Waals surface area contributed by atoms with Crippen molar-refractivity contribution in [3.63, 3.8) is 0 Å². The number of carbonyl (C=O) groups excluding carboxylic acids is 5. The van der Waals surface area contributed by atoms with E-state index in [0.717, 1.165) is 44.0 Å². The minimum absolute atomic E-state index is 0.0177. The van der Waals surface area contributed by atoms with Gasteiger partial charge in [0.2, 0.25) is 5.91 Å². The average molecular weight is 612 g/mol. The van der Waals surface area contributed by atoms with Crippen molar-refractivity contribution in [2.24, 2.45) is 29.4 Å². The number of rotatable bonds is 9. The Morgan fingerprint density at radius 3 is 2.32 bits per heavy atom. The number of hydrogen-bond donors (Lipinski definition) is 3. The van der Waals surface area contributed by atoms with Crippen LogP contribution in [0.25, 0.3) is 0 Å². The minimum atomic E-state index is -2.73. The first-order valence-electron chi connectivity index (χ1n) is 15.6. The zero-order valence-electron chi connectivity index (χ0n) is 26.3. The lowest BCUT2D eigenvalue weighted by Gasteiger charge is -2.52. The molecule has 1 aromatic rings. The fourth-order valence-electron chi connectivity index (χ4n) is 8.28. The summed E-state index contributed by atoms with van der Waals surface area (Å²) in [5.74, 6) is -10.4. The number of hydrogen-bond acceptors (Lipinski definition) is 11. The molecule has 0 aromatic heterocycles. The van der Waals surface area contributed by atoms with E-state index < -0.39 is 64.4 Å². The van der Waals surface area contributed by atoms with Crippen LogP contribution in [-0.4, -0.2) is 127 Å². The highest BCUT2D eigenvalue weighted by atomic mass is 16.3. The van der Waals surface area contributed by atoms with Crippen molar-refractivity contribution in [2.75, 3.05) is 65.8 Å². The molecule has 1 amide bonds. The lowest BCUT2D eigenvalue weighted by molar-refractivity contribution is -0.181. The van der Waals surface area contributed by atoms with Gasteiger partial charge in [-0.2, -0.15) is 0 Å². The molecule has 12 heteroatoms. The Labute approximate surface area is 258 Å². The van der Waals surface area contributed by atoms with Gasteiger partial charge in [0.1, 0.15) is 5.75 Å². The number of fused-ring (bicyclic) bond motifs is 3. The third-order valence-electron chi connectivity index (χ3n) is 10.3. The molecule has 0 radical (unpaired) electrons. The van der Waals surface area contributed by atoms with Gasteiger partial charge in [-0.05, 0) is 82.5 Å². The quantitative estimate of drug-likeness (QED) is 0.318. The number of nitrogens with zero attached hydrogens (tertiary/aromatic N) is 4. The topological polar surface area (TPSA) is 165 Å². The molecule has 2 saturated carbocycles. The molecule has 12 nitrogen and oxygen atoms in total. The van der Waals surface area contributed by atoms with Crippen molar-refractivity contribution in [1.82, 2.24) is 14.7 Å². The molecule has 1 aromatic carbocycles. The molecule has 1 heterocycles. The normalized spacial score (nSPS) is 30.5. The van der Waals surface area contributed by atoms with Crippen molar-refractivity contribution < 1.29 is 34.2 Å². The molecule has 0 spiro atoms. The van der Waals surface area contributed by atoms with Crippen LogP contribution in [0, 0.1) is 23.7 Å². The van der Waals surface area contributed by atoms with Gasteiger partial charge in [0, 0.05) is 45.3 Å². The summed E-state index contributed by atoms with van der Waals surface area (Å²) in [6.07, 6.45) is 2.70. The lowest BCUT2D eigenvalue weighted by atomic mass is 9.52. The Morgan fingerprint density at radius 1 is 1.09 bits per heavy atom. The number of likely N-dealkylation sites (tertiary alicyclic amines) is 1. The third-order valence-corrected chi connectivity index (χ3v) is 10.3. The minimum Gasteiger partial charge on any atom is -0.507 e. The first-order valence-corrected chi connectivity index (χ1v) is 15.6. The van der Waals surface area contributed by atoms with Gasteiger partial charge in [0.25, 0.3) is 0 Å². The molecule has 6 atom stereocenters. The maximum absolute atomic E-state index is 14.1. The molecule has 240 valence electrons. The Balaban J connectivity index is 1.54. The molecule has 1 saturated heterocycles. The molecule has 0 bridgehead atoms. The summed E-state index contributed by atoms with van der Waals surface area (Å²) >= 11 is 0. The average Bonchev–Trinajstić information content (AvgIpc) is 3.46. The van der Waals surface area contributed by atoms with E-state index in [4.69, 9.17) is 5.73 Å². The van der Waals surface area contributed by atoms with Gasteiger partial charge in [-0.25, -0.2) is 0 Å². The van der Waals surface area contributed by atoms with Gasteiger partial charge in [0.15, 0.2) is 34.7 Å².